The van der Waals surface area contributed by atoms with Crippen LogP contribution in [0.4, 0.5) is 0 Å². The fourth-order valence-corrected chi connectivity index (χ4v) is 2.78. The first-order chi connectivity index (χ1) is 9.02. The lowest BCUT2D eigenvalue weighted by atomic mass is 10.1. The molecule has 20 heavy (non-hydrogen) atoms. The van der Waals surface area contributed by atoms with Gasteiger partial charge >= 0.3 is 0 Å². The van der Waals surface area contributed by atoms with E-state index in [4.69, 9.17) is 0 Å². The van der Waals surface area contributed by atoms with Crippen LogP contribution in [0.5, 0.6) is 0 Å². The van der Waals surface area contributed by atoms with Gasteiger partial charge in [-0.25, -0.2) is 8.42 Å². The Morgan fingerprint density at radius 1 is 1.15 bits per heavy atom. The van der Waals surface area contributed by atoms with Crippen LogP contribution < -0.4 is 5.32 Å². The molecule has 0 fully saturated rings. The fraction of sp³-hybridized carbons (Fsp3) is 0.533. The van der Waals surface area contributed by atoms with Crippen LogP contribution in [0.1, 0.15) is 40.2 Å². The maximum Gasteiger partial charge on any atom is 0.224 e. The Morgan fingerprint density at radius 3 is 2.05 bits per heavy atom. The van der Waals surface area contributed by atoms with Crippen molar-refractivity contribution in [2.45, 2.75) is 56.7 Å². The molecule has 1 aromatic carbocycles. The smallest absolute Gasteiger partial charge is 0.224 e. The Hall–Kier alpha value is -1.36. The van der Waals surface area contributed by atoms with E-state index in [9.17, 15) is 13.2 Å². The summed E-state index contributed by atoms with van der Waals surface area (Å²) in [6, 6.07) is 6.51. The maximum absolute atomic E-state index is 12.0. The lowest BCUT2D eigenvalue weighted by Crippen LogP contribution is -2.41. The van der Waals surface area contributed by atoms with Crippen LogP contribution in [0.3, 0.4) is 0 Å². The first kappa shape index (κ1) is 16.7. The highest BCUT2D eigenvalue weighted by molar-refractivity contribution is 7.92. The Balaban J connectivity index is 2.81. The van der Waals surface area contributed by atoms with Crippen molar-refractivity contribution in [1.29, 1.82) is 0 Å². The molecule has 0 heterocycles. The molecule has 1 amide bonds. The number of carbonyl (C=O) groups excluding carboxylic acids is 1. The molecule has 1 rings (SSSR count). The molecular formula is C15H23NO3S. The molecule has 4 nitrogen and oxygen atoms in total. The normalized spacial score (nSPS) is 12.5. The Morgan fingerprint density at radius 2 is 1.65 bits per heavy atom. The molecule has 0 unspecified atom stereocenters. The molecule has 0 saturated carbocycles. The highest BCUT2D eigenvalue weighted by Gasteiger charge is 2.19. The molecule has 0 aromatic heterocycles. The third-order valence-electron chi connectivity index (χ3n) is 2.75. The van der Waals surface area contributed by atoms with Gasteiger partial charge in [-0.15, -0.1) is 0 Å². The minimum Gasteiger partial charge on any atom is -0.351 e. The summed E-state index contributed by atoms with van der Waals surface area (Å²) in [7, 11) is -3.25. The second-order valence-electron chi connectivity index (χ2n) is 6.21. The summed E-state index contributed by atoms with van der Waals surface area (Å²) in [6.07, 6.45) is 0.249. The average Bonchev–Trinajstić information content (AvgIpc) is 2.26. The predicted octanol–water partition coefficient (Wildman–Crippen LogP) is 2.33. The lowest BCUT2D eigenvalue weighted by molar-refractivity contribution is -0.121. The van der Waals surface area contributed by atoms with Gasteiger partial charge in [-0.3, -0.25) is 4.79 Å². The molecule has 1 aromatic rings. The number of sulfone groups is 1. The summed E-state index contributed by atoms with van der Waals surface area (Å²) in [5, 5.41) is 2.43. The van der Waals surface area contributed by atoms with Crippen molar-refractivity contribution in [2.75, 3.05) is 0 Å². The van der Waals surface area contributed by atoms with Crippen LogP contribution in [-0.2, 0) is 21.1 Å². The third kappa shape index (κ3) is 4.63. The zero-order chi connectivity index (χ0) is 15.6. The van der Waals surface area contributed by atoms with Crippen LogP contribution in [0, 0.1) is 0 Å². The van der Waals surface area contributed by atoms with E-state index in [-0.39, 0.29) is 17.9 Å². The molecule has 0 atom stereocenters. The standard InChI is InChI=1S/C15H23NO3S/c1-11(2)20(18,19)13-8-6-12(7-9-13)10-14(17)16-15(3,4)5/h6-9,11H,10H2,1-5H3,(H,16,17). The van der Waals surface area contributed by atoms with Gasteiger partial charge in [0.2, 0.25) is 5.91 Å². The first-order valence-electron chi connectivity index (χ1n) is 6.66. The molecule has 0 aliphatic carbocycles. The summed E-state index contributed by atoms with van der Waals surface area (Å²) in [5.74, 6) is -0.0723. The molecule has 0 bridgehead atoms. The molecule has 0 radical (unpaired) electrons. The molecular weight excluding hydrogens is 274 g/mol. The molecule has 112 valence electrons. The monoisotopic (exact) mass is 297 g/mol. The van der Waals surface area contributed by atoms with Crippen LogP contribution >= 0.6 is 0 Å². The zero-order valence-electron chi connectivity index (χ0n) is 12.7. The van der Waals surface area contributed by atoms with Crippen molar-refractivity contribution >= 4 is 15.7 Å². The SMILES string of the molecule is CC(C)S(=O)(=O)c1ccc(CC(=O)NC(C)(C)C)cc1. The highest BCUT2D eigenvalue weighted by atomic mass is 32.2. The largest absolute Gasteiger partial charge is 0.351 e. The van der Waals surface area contributed by atoms with Crippen LogP contribution in [-0.4, -0.2) is 25.1 Å². The number of hydrogen-bond acceptors (Lipinski definition) is 3. The van der Waals surface area contributed by atoms with Crippen molar-refractivity contribution in [1.82, 2.24) is 5.32 Å². The number of carbonyl (C=O) groups is 1. The van der Waals surface area contributed by atoms with Crippen LogP contribution in [0.2, 0.25) is 0 Å². The van der Waals surface area contributed by atoms with Gasteiger partial charge in [0.05, 0.1) is 16.6 Å². The average molecular weight is 297 g/mol. The number of benzene rings is 1. The summed E-state index contributed by atoms with van der Waals surface area (Å²) in [4.78, 5) is 12.1. The van der Waals surface area contributed by atoms with E-state index in [1.165, 1.54) is 0 Å². The van der Waals surface area contributed by atoms with Crippen molar-refractivity contribution in [3.05, 3.63) is 29.8 Å². The molecule has 0 spiro atoms. The van der Waals surface area contributed by atoms with E-state index in [2.05, 4.69) is 5.32 Å². The fourth-order valence-electron chi connectivity index (χ4n) is 1.72. The van der Waals surface area contributed by atoms with Gasteiger partial charge in [0.25, 0.3) is 0 Å². The maximum atomic E-state index is 12.0. The van der Waals surface area contributed by atoms with E-state index >= 15 is 0 Å². The van der Waals surface area contributed by atoms with Gasteiger partial charge in [0.1, 0.15) is 0 Å². The molecule has 0 saturated heterocycles. The number of hydrogen-bond donors (Lipinski definition) is 1. The molecule has 5 heteroatoms. The summed E-state index contributed by atoms with van der Waals surface area (Å²) >= 11 is 0. The van der Waals surface area contributed by atoms with Gasteiger partial charge in [-0.1, -0.05) is 12.1 Å². The van der Waals surface area contributed by atoms with Crippen molar-refractivity contribution in [3.8, 4) is 0 Å². The van der Waals surface area contributed by atoms with Gasteiger partial charge in [-0.05, 0) is 52.3 Å². The Labute approximate surface area is 121 Å². The van der Waals surface area contributed by atoms with E-state index in [0.717, 1.165) is 5.56 Å². The Bertz CT molecular complexity index is 566. The molecule has 1 N–H and O–H groups in total. The number of nitrogens with one attached hydrogen (secondary N) is 1. The van der Waals surface area contributed by atoms with Crippen LogP contribution in [0.15, 0.2) is 29.2 Å². The first-order valence-corrected chi connectivity index (χ1v) is 8.21. The minimum atomic E-state index is -3.25. The van der Waals surface area contributed by atoms with E-state index < -0.39 is 15.1 Å². The third-order valence-corrected chi connectivity index (χ3v) is 4.92. The summed E-state index contributed by atoms with van der Waals surface area (Å²) < 4.78 is 23.9. The Kier molecular flexibility index (Phi) is 4.97. The second kappa shape index (κ2) is 5.95. The number of amides is 1. The minimum absolute atomic E-state index is 0.0723. The van der Waals surface area contributed by atoms with Gasteiger partial charge in [0.15, 0.2) is 9.84 Å². The van der Waals surface area contributed by atoms with Gasteiger partial charge < -0.3 is 5.32 Å². The van der Waals surface area contributed by atoms with Gasteiger partial charge in [-0.2, -0.15) is 0 Å². The van der Waals surface area contributed by atoms with E-state index in [1.807, 2.05) is 20.8 Å². The second-order valence-corrected chi connectivity index (χ2v) is 8.72. The van der Waals surface area contributed by atoms with E-state index in [0.29, 0.717) is 4.90 Å². The van der Waals surface area contributed by atoms with Gasteiger partial charge in [0, 0.05) is 5.54 Å². The topological polar surface area (TPSA) is 63.2 Å². The molecule has 0 aliphatic heterocycles. The summed E-state index contributed by atoms with van der Waals surface area (Å²) in [5.41, 5.74) is 0.535. The van der Waals surface area contributed by atoms with Crippen molar-refractivity contribution in [2.24, 2.45) is 0 Å². The van der Waals surface area contributed by atoms with Crippen molar-refractivity contribution in [3.63, 3.8) is 0 Å². The number of rotatable bonds is 4. The zero-order valence-corrected chi connectivity index (χ0v) is 13.5. The highest BCUT2D eigenvalue weighted by Crippen LogP contribution is 2.16. The quantitative estimate of drug-likeness (QED) is 0.927. The van der Waals surface area contributed by atoms with Crippen molar-refractivity contribution < 1.29 is 13.2 Å². The van der Waals surface area contributed by atoms with Crippen LogP contribution in [0.25, 0.3) is 0 Å². The summed E-state index contributed by atoms with van der Waals surface area (Å²) in [6.45, 7) is 9.07. The van der Waals surface area contributed by atoms with E-state index in [1.54, 1.807) is 38.1 Å². The molecule has 0 aliphatic rings. The lowest BCUT2D eigenvalue weighted by Gasteiger charge is -2.20. The predicted molar refractivity (Wildman–Crippen MR) is 80.4 cm³/mol.